The zero-order chi connectivity index (χ0) is 18.7. The van der Waals surface area contributed by atoms with Crippen molar-refractivity contribution in [3.8, 4) is 0 Å². The Bertz CT molecular complexity index is 752. The van der Waals surface area contributed by atoms with Gasteiger partial charge in [0.25, 0.3) is 0 Å². The molecular formula is C17H18ClF3N4O. The van der Waals surface area contributed by atoms with E-state index in [2.05, 4.69) is 10.00 Å². The Morgan fingerprint density at radius 1 is 1.08 bits per heavy atom. The minimum absolute atomic E-state index is 0.187. The molecule has 0 bridgehead atoms. The Hall–Kier alpha value is -2.06. The Balaban J connectivity index is 1.49. The lowest BCUT2D eigenvalue weighted by Gasteiger charge is -2.34. The van der Waals surface area contributed by atoms with Gasteiger partial charge >= 0.3 is 6.18 Å². The largest absolute Gasteiger partial charge is 0.435 e. The van der Waals surface area contributed by atoms with Crippen molar-refractivity contribution in [3.63, 3.8) is 0 Å². The summed E-state index contributed by atoms with van der Waals surface area (Å²) < 4.78 is 38.7. The minimum atomic E-state index is -4.50. The third-order valence-electron chi connectivity index (χ3n) is 4.27. The number of benzene rings is 1. The molecule has 0 radical (unpaired) electrons. The number of nitrogens with zero attached hydrogens (tertiary/aromatic N) is 4. The van der Waals surface area contributed by atoms with Gasteiger partial charge in [-0.05, 0) is 23.8 Å². The summed E-state index contributed by atoms with van der Waals surface area (Å²) in [4.78, 5) is 16.2. The van der Waals surface area contributed by atoms with E-state index >= 15 is 0 Å². The number of amides is 1. The predicted molar refractivity (Wildman–Crippen MR) is 90.5 cm³/mol. The topological polar surface area (TPSA) is 41.4 Å². The van der Waals surface area contributed by atoms with Crippen LogP contribution in [0.2, 0.25) is 5.02 Å². The first-order chi connectivity index (χ1) is 12.3. The second-order valence-corrected chi connectivity index (χ2v) is 6.62. The van der Waals surface area contributed by atoms with E-state index in [0.29, 0.717) is 31.2 Å². The molecule has 140 valence electrons. The van der Waals surface area contributed by atoms with Gasteiger partial charge in [0.15, 0.2) is 5.69 Å². The highest BCUT2D eigenvalue weighted by molar-refractivity contribution is 6.30. The minimum Gasteiger partial charge on any atom is -0.339 e. The third kappa shape index (κ3) is 4.76. The molecule has 1 saturated heterocycles. The summed E-state index contributed by atoms with van der Waals surface area (Å²) in [5.41, 5.74) is 0.156. The van der Waals surface area contributed by atoms with Crippen molar-refractivity contribution >= 4 is 17.5 Å². The first-order valence-corrected chi connectivity index (χ1v) is 8.54. The lowest BCUT2D eigenvalue weighted by molar-refractivity contribution is -0.142. The molecule has 1 fully saturated rings. The summed E-state index contributed by atoms with van der Waals surface area (Å²) in [6, 6.07) is 8.49. The Labute approximate surface area is 153 Å². The molecule has 0 spiro atoms. The summed E-state index contributed by atoms with van der Waals surface area (Å²) in [6.45, 7) is 3.09. The summed E-state index contributed by atoms with van der Waals surface area (Å²) >= 11 is 5.87. The van der Waals surface area contributed by atoms with Crippen molar-refractivity contribution in [1.82, 2.24) is 19.6 Å². The van der Waals surface area contributed by atoms with Crippen molar-refractivity contribution in [2.45, 2.75) is 19.3 Å². The molecule has 1 amide bonds. The van der Waals surface area contributed by atoms with Gasteiger partial charge in [0.1, 0.15) is 6.54 Å². The zero-order valence-electron chi connectivity index (χ0n) is 13.9. The highest BCUT2D eigenvalue weighted by Crippen LogP contribution is 2.27. The second-order valence-electron chi connectivity index (χ2n) is 6.18. The number of halogens is 4. The van der Waals surface area contributed by atoms with E-state index in [1.165, 1.54) is 6.20 Å². The molecule has 5 nitrogen and oxygen atoms in total. The molecule has 9 heteroatoms. The molecule has 1 aliphatic rings. The van der Waals surface area contributed by atoms with E-state index in [0.717, 1.165) is 22.9 Å². The molecule has 0 unspecified atom stereocenters. The summed E-state index contributed by atoms with van der Waals surface area (Å²) in [6.07, 6.45) is -3.32. The molecule has 0 atom stereocenters. The van der Waals surface area contributed by atoms with Crippen LogP contribution in [-0.2, 0) is 24.1 Å². The van der Waals surface area contributed by atoms with Crippen LogP contribution >= 0.6 is 11.6 Å². The average Bonchev–Trinajstić information content (AvgIpc) is 3.06. The number of alkyl halides is 3. The van der Waals surface area contributed by atoms with E-state index in [-0.39, 0.29) is 12.5 Å². The number of piperazine rings is 1. The first kappa shape index (κ1) is 18.7. The van der Waals surface area contributed by atoms with Crippen LogP contribution in [0.1, 0.15) is 11.3 Å². The van der Waals surface area contributed by atoms with Gasteiger partial charge in [-0.1, -0.05) is 23.7 Å². The fraction of sp³-hybridized carbons (Fsp3) is 0.412. The Morgan fingerprint density at radius 2 is 1.73 bits per heavy atom. The molecule has 3 rings (SSSR count). The normalized spacial score (nSPS) is 16.1. The number of carbonyl (C=O) groups is 1. The van der Waals surface area contributed by atoms with Gasteiger partial charge in [0.2, 0.25) is 5.91 Å². The lowest BCUT2D eigenvalue weighted by atomic mass is 10.2. The van der Waals surface area contributed by atoms with Gasteiger partial charge in [-0.3, -0.25) is 14.4 Å². The summed E-state index contributed by atoms with van der Waals surface area (Å²) in [5, 5.41) is 4.11. The van der Waals surface area contributed by atoms with Crippen LogP contribution in [-0.4, -0.2) is 51.7 Å². The molecule has 2 heterocycles. The van der Waals surface area contributed by atoms with E-state index in [1.54, 1.807) is 4.90 Å². The van der Waals surface area contributed by atoms with Gasteiger partial charge in [-0.25, -0.2) is 0 Å². The van der Waals surface area contributed by atoms with Crippen molar-refractivity contribution in [2.75, 3.05) is 26.2 Å². The predicted octanol–water partition coefficient (Wildman–Crippen LogP) is 2.90. The van der Waals surface area contributed by atoms with Gasteiger partial charge in [0.05, 0.1) is 0 Å². The molecule has 26 heavy (non-hydrogen) atoms. The molecule has 1 aromatic heterocycles. The van der Waals surface area contributed by atoms with E-state index < -0.39 is 11.9 Å². The van der Waals surface area contributed by atoms with Gasteiger partial charge in [-0.2, -0.15) is 18.3 Å². The number of carbonyl (C=O) groups excluding carboxylic acids is 1. The van der Waals surface area contributed by atoms with Crippen LogP contribution in [0, 0.1) is 0 Å². The zero-order valence-corrected chi connectivity index (χ0v) is 14.7. The maximum Gasteiger partial charge on any atom is 0.435 e. The number of hydrogen-bond acceptors (Lipinski definition) is 3. The third-order valence-corrected chi connectivity index (χ3v) is 4.52. The fourth-order valence-corrected chi connectivity index (χ4v) is 2.97. The quantitative estimate of drug-likeness (QED) is 0.811. The van der Waals surface area contributed by atoms with Gasteiger partial charge < -0.3 is 4.90 Å². The van der Waals surface area contributed by atoms with Crippen LogP contribution < -0.4 is 0 Å². The van der Waals surface area contributed by atoms with Gasteiger partial charge in [-0.15, -0.1) is 0 Å². The molecule has 0 aliphatic carbocycles. The highest BCUT2D eigenvalue weighted by atomic mass is 35.5. The lowest BCUT2D eigenvalue weighted by Crippen LogP contribution is -2.49. The van der Waals surface area contributed by atoms with E-state index in [1.807, 2.05) is 24.3 Å². The van der Waals surface area contributed by atoms with Crippen LogP contribution in [0.4, 0.5) is 13.2 Å². The molecule has 1 aliphatic heterocycles. The van der Waals surface area contributed by atoms with Crippen LogP contribution in [0.15, 0.2) is 36.5 Å². The second kappa shape index (κ2) is 7.67. The summed E-state index contributed by atoms with van der Waals surface area (Å²) in [5.74, 6) is -0.229. The monoisotopic (exact) mass is 386 g/mol. The van der Waals surface area contributed by atoms with Crippen molar-refractivity contribution in [3.05, 3.63) is 52.8 Å². The molecule has 1 aromatic carbocycles. The highest BCUT2D eigenvalue weighted by Gasteiger charge is 2.33. The SMILES string of the molecule is O=C(Cn1ccc(C(F)(F)F)n1)N1CCN(Cc2ccc(Cl)cc2)CC1. The van der Waals surface area contributed by atoms with Gasteiger partial charge in [0, 0.05) is 43.9 Å². The smallest absolute Gasteiger partial charge is 0.339 e. The molecular weight excluding hydrogens is 369 g/mol. The van der Waals surface area contributed by atoms with Crippen LogP contribution in [0.5, 0.6) is 0 Å². The number of hydrogen-bond donors (Lipinski definition) is 0. The summed E-state index contributed by atoms with van der Waals surface area (Å²) in [7, 11) is 0. The van der Waals surface area contributed by atoms with Crippen molar-refractivity contribution < 1.29 is 18.0 Å². The van der Waals surface area contributed by atoms with Crippen LogP contribution in [0.25, 0.3) is 0 Å². The Morgan fingerprint density at radius 3 is 2.31 bits per heavy atom. The maximum absolute atomic E-state index is 12.6. The van der Waals surface area contributed by atoms with E-state index in [4.69, 9.17) is 11.6 Å². The molecule has 2 aromatic rings. The fourth-order valence-electron chi connectivity index (χ4n) is 2.84. The first-order valence-electron chi connectivity index (χ1n) is 8.16. The standard InChI is InChI=1S/C17H18ClF3N4O/c18-14-3-1-13(2-4-14)11-23-7-9-24(10-8-23)16(26)12-25-6-5-15(22-25)17(19,20)21/h1-6H,7-12H2. The van der Waals surface area contributed by atoms with Crippen molar-refractivity contribution in [2.24, 2.45) is 0 Å². The molecule has 0 saturated carbocycles. The van der Waals surface area contributed by atoms with Crippen LogP contribution in [0.3, 0.4) is 0 Å². The van der Waals surface area contributed by atoms with Crippen molar-refractivity contribution in [1.29, 1.82) is 0 Å². The number of rotatable bonds is 4. The number of aromatic nitrogens is 2. The Kier molecular flexibility index (Phi) is 5.52. The molecule has 0 N–H and O–H groups in total. The van der Waals surface area contributed by atoms with E-state index in [9.17, 15) is 18.0 Å². The average molecular weight is 387 g/mol. The maximum atomic E-state index is 12.6.